The average molecular weight is 215 g/mol. The van der Waals surface area contributed by atoms with Gasteiger partial charge in [-0.1, -0.05) is 18.2 Å². The van der Waals surface area contributed by atoms with Crippen molar-refractivity contribution in [3.8, 4) is 0 Å². The third-order valence-corrected chi connectivity index (χ3v) is 3.43. The second-order valence-corrected chi connectivity index (χ2v) is 4.36. The first-order valence-corrected chi connectivity index (χ1v) is 5.61. The average Bonchev–Trinajstić information content (AvgIpc) is 2.67. The van der Waals surface area contributed by atoms with E-state index < -0.39 is 5.60 Å². The lowest BCUT2D eigenvalue weighted by Crippen LogP contribution is -2.34. The molecule has 1 fully saturated rings. The first-order valence-electron chi connectivity index (χ1n) is 5.61. The molecule has 16 heavy (non-hydrogen) atoms. The maximum absolute atomic E-state index is 11.5. The lowest BCUT2D eigenvalue weighted by molar-refractivity contribution is -0.151. The molecular weight excluding hydrogens is 202 g/mol. The first-order chi connectivity index (χ1) is 7.81. The smallest absolute Gasteiger partial charge is 0.307 e. The predicted molar refractivity (Wildman–Crippen MR) is 58.5 cm³/mol. The summed E-state index contributed by atoms with van der Waals surface area (Å²) in [5.74, 6) is 0.0471. The van der Waals surface area contributed by atoms with Crippen LogP contribution in [-0.2, 0) is 15.1 Å². The van der Waals surface area contributed by atoms with Crippen molar-refractivity contribution in [3.05, 3.63) is 42.2 Å². The number of allylic oxidation sites excluding steroid dienone is 1. The minimum absolute atomic E-state index is 0.109. The zero-order valence-corrected chi connectivity index (χ0v) is 8.93. The summed E-state index contributed by atoms with van der Waals surface area (Å²) in [5, 5.41) is 0. The highest BCUT2D eigenvalue weighted by molar-refractivity contribution is 5.74. The summed E-state index contributed by atoms with van der Waals surface area (Å²) in [4.78, 5) is 15.9. The number of aromatic nitrogens is 1. The molecule has 3 rings (SSSR count). The van der Waals surface area contributed by atoms with E-state index in [4.69, 9.17) is 4.74 Å². The van der Waals surface area contributed by atoms with E-state index in [2.05, 4.69) is 17.1 Å². The monoisotopic (exact) mass is 215 g/mol. The SMILES string of the molecule is O=C1C[C@@H]2C=CCC[C@]2(c2ccccn2)O1. The molecule has 0 radical (unpaired) electrons. The van der Waals surface area contributed by atoms with Gasteiger partial charge in [0, 0.05) is 12.1 Å². The Morgan fingerprint density at radius 3 is 3.19 bits per heavy atom. The minimum atomic E-state index is -0.493. The highest BCUT2D eigenvalue weighted by atomic mass is 16.6. The Balaban J connectivity index is 2.08. The zero-order valence-electron chi connectivity index (χ0n) is 8.93. The van der Waals surface area contributed by atoms with Gasteiger partial charge in [0.15, 0.2) is 5.60 Å². The van der Waals surface area contributed by atoms with E-state index >= 15 is 0 Å². The second kappa shape index (κ2) is 3.44. The molecule has 0 unspecified atom stereocenters. The molecule has 3 nitrogen and oxygen atoms in total. The Hall–Kier alpha value is -1.64. The van der Waals surface area contributed by atoms with Gasteiger partial charge in [0.05, 0.1) is 12.1 Å². The molecule has 2 aliphatic rings. The van der Waals surface area contributed by atoms with E-state index in [0.717, 1.165) is 18.5 Å². The quantitative estimate of drug-likeness (QED) is 0.532. The van der Waals surface area contributed by atoms with Crippen LogP contribution in [0.4, 0.5) is 0 Å². The number of rotatable bonds is 1. The molecule has 1 aromatic heterocycles. The van der Waals surface area contributed by atoms with E-state index in [0.29, 0.717) is 6.42 Å². The Morgan fingerprint density at radius 2 is 2.38 bits per heavy atom. The number of ether oxygens (including phenoxy) is 1. The molecule has 0 amide bonds. The van der Waals surface area contributed by atoms with Crippen LogP contribution in [-0.4, -0.2) is 11.0 Å². The van der Waals surface area contributed by atoms with Crippen LogP contribution >= 0.6 is 0 Å². The number of nitrogens with zero attached hydrogens (tertiary/aromatic N) is 1. The molecule has 1 aliphatic carbocycles. The Labute approximate surface area is 94.1 Å². The minimum Gasteiger partial charge on any atom is -0.452 e. The van der Waals surface area contributed by atoms with Crippen molar-refractivity contribution in [1.29, 1.82) is 0 Å². The van der Waals surface area contributed by atoms with Crippen molar-refractivity contribution in [1.82, 2.24) is 4.98 Å². The van der Waals surface area contributed by atoms with Crippen LogP contribution in [0.3, 0.4) is 0 Å². The maximum Gasteiger partial charge on any atom is 0.307 e. The van der Waals surface area contributed by atoms with Crippen molar-refractivity contribution in [2.45, 2.75) is 24.9 Å². The summed E-state index contributed by atoms with van der Waals surface area (Å²) in [6.45, 7) is 0. The molecule has 1 aliphatic heterocycles. The number of carbonyl (C=O) groups excluding carboxylic acids is 1. The van der Waals surface area contributed by atoms with E-state index in [9.17, 15) is 4.79 Å². The van der Waals surface area contributed by atoms with Gasteiger partial charge in [0.25, 0.3) is 0 Å². The van der Waals surface area contributed by atoms with Gasteiger partial charge in [-0.15, -0.1) is 0 Å². The molecule has 0 spiro atoms. The highest BCUT2D eigenvalue weighted by Gasteiger charge is 2.50. The van der Waals surface area contributed by atoms with Crippen LogP contribution in [0.5, 0.6) is 0 Å². The number of fused-ring (bicyclic) bond motifs is 1. The summed E-state index contributed by atoms with van der Waals surface area (Å²) in [6.07, 6.45) is 8.26. The van der Waals surface area contributed by atoms with E-state index in [1.165, 1.54) is 0 Å². The molecule has 0 bridgehead atoms. The molecule has 82 valence electrons. The van der Waals surface area contributed by atoms with Crippen molar-refractivity contribution >= 4 is 5.97 Å². The van der Waals surface area contributed by atoms with Gasteiger partial charge in [0.2, 0.25) is 0 Å². The Morgan fingerprint density at radius 1 is 1.44 bits per heavy atom. The molecule has 2 heterocycles. The zero-order chi connectivity index (χ0) is 11.0. The lowest BCUT2D eigenvalue weighted by atomic mass is 9.77. The lowest BCUT2D eigenvalue weighted by Gasteiger charge is -2.33. The van der Waals surface area contributed by atoms with E-state index in [-0.39, 0.29) is 11.9 Å². The fourth-order valence-electron chi connectivity index (χ4n) is 2.67. The third-order valence-electron chi connectivity index (χ3n) is 3.43. The number of pyridine rings is 1. The van der Waals surface area contributed by atoms with Gasteiger partial charge in [-0.05, 0) is 25.0 Å². The third kappa shape index (κ3) is 1.28. The molecule has 0 saturated carbocycles. The predicted octanol–water partition coefficient (Wildman–Crippen LogP) is 2.19. The molecule has 0 aromatic carbocycles. The first kappa shape index (κ1) is 9.58. The van der Waals surface area contributed by atoms with Crippen LogP contribution in [0, 0.1) is 5.92 Å². The van der Waals surface area contributed by atoms with Crippen LogP contribution < -0.4 is 0 Å². The fraction of sp³-hybridized carbons (Fsp3) is 0.385. The number of hydrogen-bond donors (Lipinski definition) is 0. The summed E-state index contributed by atoms with van der Waals surface area (Å²) in [7, 11) is 0. The molecule has 0 N–H and O–H groups in total. The maximum atomic E-state index is 11.5. The topological polar surface area (TPSA) is 39.2 Å². The van der Waals surface area contributed by atoms with Gasteiger partial charge in [-0.2, -0.15) is 0 Å². The Kier molecular flexibility index (Phi) is 2.06. The summed E-state index contributed by atoms with van der Waals surface area (Å²) < 4.78 is 5.59. The van der Waals surface area contributed by atoms with Gasteiger partial charge in [-0.25, -0.2) is 0 Å². The normalized spacial score (nSPS) is 32.2. The van der Waals surface area contributed by atoms with Gasteiger partial charge < -0.3 is 4.74 Å². The largest absolute Gasteiger partial charge is 0.452 e. The van der Waals surface area contributed by atoms with Crippen molar-refractivity contribution in [3.63, 3.8) is 0 Å². The number of esters is 1. The second-order valence-electron chi connectivity index (χ2n) is 4.36. The van der Waals surface area contributed by atoms with Crippen molar-refractivity contribution in [2.24, 2.45) is 5.92 Å². The standard InChI is InChI=1S/C13H13NO2/c15-12-9-10-5-1-3-7-13(10,16-12)11-6-2-4-8-14-11/h1-2,4-6,8,10H,3,7,9H2/t10-,13-/m0/s1. The Bertz CT molecular complexity index is 441. The van der Waals surface area contributed by atoms with Crippen LogP contribution in [0.25, 0.3) is 0 Å². The fourth-order valence-corrected chi connectivity index (χ4v) is 2.67. The molecule has 2 atom stereocenters. The molecule has 1 saturated heterocycles. The van der Waals surface area contributed by atoms with Crippen molar-refractivity contribution < 1.29 is 9.53 Å². The van der Waals surface area contributed by atoms with Gasteiger partial charge >= 0.3 is 5.97 Å². The molecular formula is C13H13NO2. The number of carbonyl (C=O) groups is 1. The summed E-state index contributed by atoms with van der Waals surface area (Å²) in [5.41, 5.74) is 0.391. The molecule has 1 aromatic rings. The van der Waals surface area contributed by atoms with E-state index in [1.807, 2.05) is 18.2 Å². The highest BCUT2D eigenvalue weighted by Crippen LogP contribution is 2.47. The van der Waals surface area contributed by atoms with Crippen molar-refractivity contribution in [2.75, 3.05) is 0 Å². The molecule has 3 heteroatoms. The van der Waals surface area contributed by atoms with Crippen LogP contribution in [0.15, 0.2) is 36.5 Å². The van der Waals surface area contributed by atoms with Crippen LogP contribution in [0.1, 0.15) is 25.0 Å². The van der Waals surface area contributed by atoms with Crippen LogP contribution in [0.2, 0.25) is 0 Å². The summed E-state index contributed by atoms with van der Waals surface area (Å²) in [6, 6.07) is 5.77. The summed E-state index contributed by atoms with van der Waals surface area (Å²) >= 11 is 0. The number of hydrogen-bond acceptors (Lipinski definition) is 3. The van der Waals surface area contributed by atoms with Gasteiger partial charge in [-0.3, -0.25) is 9.78 Å². The van der Waals surface area contributed by atoms with E-state index in [1.54, 1.807) is 6.20 Å². The van der Waals surface area contributed by atoms with Gasteiger partial charge in [0.1, 0.15) is 0 Å².